The molecular formula is C14H15BrFNO. The van der Waals surface area contributed by atoms with Gasteiger partial charge in [-0.2, -0.15) is 0 Å². The van der Waals surface area contributed by atoms with Crippen molar-refractivity contribution >= 4 is 15.9 Å². The minimum Gasteiger partial charge on any atom is -0.465 e. The van der Waals surface area contributed by atoms with Gasteiger partial charge in [-0.3, -0.25) is 4.90 Å². The first-order chi connectivity index (χ1) is 8.54. The van der Waals surface area contributed by atoms with Crippen LogP contribution in [0.3, 0.4) is 0 Å². The van der Waals surface area contributed by atoms with Gasteiger partial charge in [0, 0.05) is 11.0 Å². The van der Waals surface area contributed by atoms with E-state index in [-0.39, 0.29) is 5.82 Å². The van der Waals surface area contributed by atoms with Gasteiger partial charge >= 0.3 is 0 Å². The fourth-order valence-electron chi connectivity index (χ4n) is 1.83. The molecule has 0 bridgehead atoms. The standard InChI is InChI=1S/C14H15BrFNO/c1-10-3-6-13(18-10)9-17(2)8-11-4-5-12(16)7-14(11)15/h3-7H,8-9H2,1-2H3. The molecule has 0 amide bonds. The topological polar surface area (TPSA) is 16.4 Å². The first-order valence-corrected chi connectivity index (χ1v) is 6.51. The summed E-state index contributed by atoms with van der Waals surface area (Å²) < 4.78 is 19.3. The zero-order chi connectivity index (χ0) is 13.1. The molecule has 0 saturated carbocycles. The van der Waals surface area contributed by atoms with Crippen molar-refractivity contribution in [3.63, 3.8) is 0 Å². The molecule has 0 aliphatic heterocycles. The minimum atomic E-state index is -0.227. The quantitative estimate of drug-likeness (QED) is 0.844. The van der Waals surface area contributed by atoms with Gasteiger partial charge in [0.15, 0.2) is 0 Å². The fourth-order valence-corrected chi connectivity index (χ4v) is 2.31. The van der Waals surface area contributed by atoms with Gasteiger partial charge in [-0.05, 0) is 43.8 Å². The molecule has 2 nitrogen and oxygen atoms in total. The zero-order valence-corrected chi connectivity index (χ0v) is 12.0. The van der Waals surface area contributed by atoms with Gasteiger partial charge in [0.1, 0.15) is 17.3 Å². The Bertz CT molecular complexity index is 538. The van der Waals surface area contributed by atoms with Crippen molar-refractivity contribution in [2.24, 2.45) is 0 Å². The number of furan rings is 1. The molecule has 0 atom stereocenters. The van der Waals surface area contributed by atoms with Gasteiger partial charge in [-0.25, -0.2) is 4.39 Å². The van der Waals surface area contributed by atoms with Gasteiger partial charge in [-0.15, -0.1) is 0 Å². The van der Waals surface area contributed by atoms with Gasteiger partial charge in [0.2, 0.25) is 0 Å². The number of rotatable bonds is 4. The number of nitrogens with zero attached hydrogens (tertiary/aromatic N) is 1. The molecule has 1 aromatic carbocycles. The Morgan fingerprint density at radius 2 is 2.00 bits per heavy atom. The molecule has 2 aromatic rings. The van der Waals surface area contributed by atoms with Crippen molar-refractivity contribution in [3.05, 3.63) is 57.7 Å². The van der Waals surface area contributed by atoms with E-state index in [9.17, 15) is 4.39 Å². The van der Waals surface area contributed by atoms with Crippen LogP contribution < -0.4 is 0 Å². The maximum absolute atomic E-state index is 13.0. The van der Waals surface area contributed by atoms with Crippen LogP contribution >= 0.6 is 15.9 Å². The molecule has 2 rings (SSSR count). The average molecular weight is 312 g/mol. The predicted molar refractivity (Wildman–Crippen MR) is 72.7 cm³/mol. The zero-order valence-electron chi connectivity index (χ0n) is 10.4. The molecule has 0 fully saturated rings. The van der Waals surface area contributed by atoms with Crippen molar-refractivity contribution in [1.29, 1.82) is 0 Å². The molecular weight excluding hydrogens is 297 g/mol. The Morgan fingerprint density at radius 1 is 1.22 bits per heavy atom. The van der Waals surface area contributed by atoms with Crippen molar-refractivity contribution in [3.8, 4) is 0 Å². The molecule has 18 heavy (non-hydrogen) atoms. The molecule has 0 aliphatic rings. The van der Waals surface area contributed by atoms with Crippen LogP contribution in [0.4, 0.5) is 4.39 Å². The predicted octanol–water partition coefficient (Wildman–Crippen LogP) is 4.12. The Kier molecular flexibility index (Phi) is 4.19. The third kappa shape index (κ3) is 3.43. The number of halogens is 2. The second-order valence-corrected chi connectivity index (χ2v) is 5.27. The summed E-state index contributed by atoms with van der Waals surface area (Å²) in [7, 11) is 2.01. The molecule has 0 N–H and O–H groups in total. The van der Waals surface area contributed by atoms with E-state index in [0.29, 0.717) is 0 Å². The highest BCUT2D eigenvalue weighted by Crippen LogP contribution is 2.20. The van der Waals surface area contributed by atoms with Gasteiger partial charge in [-0.1, -0.05) is 22.0 Å². The normalized spacial score (nSPS) is 11.2. The summed E-state index contributed by atoms with van der Waals surface area (Å²) in [5.41, 5.74) is 1.06. The van der Waals surface area contributed by atoms with Crippen molar-refractivity contribution in [2.45, 2.75) is 20.0 Å². The summed E-state index contributed by atoms with van der Waals surface area (Å²) in [6.07, 6.45) is 0. The highest BCUT2D eigenvalue weighted by molar-refractivity contribution is 9.10. The van der Waals surface area contributed by atoms with E-state index in [4.69, 9.17) is 4.42 Å². The summed E-state index contributed by atoms with van der Waals surface area (Å²) in [6, 6.07) is 8.69. The lowest BCUT2D eigenvalue weighted by Gasteiger charge is -2.16. The van der Waals surface area contributed by atoms with E-state index in [0.717, 1.165) is 34.6 Å². The van der Waals surface area contributed by atoms with Gasteiger partial charge < -0.3 is 4.42 Å². The largest absolute Gasteiger partial charge is 0.465 e. The Labute approximate surface area is 115 Å². The lowest BCUT2D eigenvalue weighted by Crippen LogP contribution is -2.17. The van der Waals surface area contributed by atoms with Crippen LogP contribution in [0.15, 0.2) is 39.2 Å². The first kappa shape index (κ1) is 13.3. The van der Waals surface area contributed by atoms with E-state index in [1.807, 2.05) is 26.1 Å². The summed E-state index contributed by atoms with van der Waals surface area (Å²) in [5, 5.41) is 0. The van der Waals surface area contributed by atoms with Crippen molar-refractivity contribution in [2.75, 3.05) is 7.05 Å². The van der Waals surface area contributed by atoms with Gasteiger partial charge in [0.25, 0.3) is 0 Å². The SMILES string of the molecule is Cc1ccc(CN(C)Cc2ccc(F)cc2Br)o1. The van der Waals surface area contributed by atoms with Crippen LogP contribution in [0.1, 0.15) is 17.1 Å². The van der Waals surface area contributed by atoms with Crippen LogP contribution in [0.5, 0.6) is 0 Å². The molecule has 1 heterocycles. The second-order valence-electron chi connectivity index (χ2n) is 4.42. The minimum absolute atomic E-state index is 0.227. The van der Waals surface area contributed by atoms with Crippen LogP contribution in [0.25, 0.3) is 0 Å². The Morgan fingerprint density at radius 3 is 2.61 bits per heavy atom. The highest BCUT2D eigenvalue weighted by atomic mass is 79.9. The van der Waals surface area contributed by atoms with Crippen LogP contribution in [0, 0.1) is 12.7 Å². The Balaban J connectivity index is 2.00. The number of aryl methyl sites for hydroxylation is 1. The maximum atomic E-state index is 13.0. The van der Waals surface area contributed by atoms with E-state index in [1.54, 1.807) is 6.07 Å². The molecule has 0 aliphatic carbocycles. The monoisotopic (exact) mass is 311 g/mol. The third-order valence-electron chi connectivity index (χ3n) is 2.68. The smallest absolute Gasteiger partial charge is 0.124 e. The summed E-state index contributed by atoms with van der Waals surface area (Å²) in [5.74, 6) is 1.63. The van der Waals surface area contributed by atoms with E-state index in [1.165, 1.54) is 12.1 Å². The molecule has 96 valence electrons. The molecule has 4 heteroatoms. The summed E-state index contributed by atoms with van der Waals surface area (Å²) in [6.45, 7) is 3.40. The molecule has 0 unspecified atom stereocenters. The average Bonchev–Trinajstić information content (AvgIpc) is 2.68. The summed E-state index contributed by atoms with van der Waals surface area (Å²) >= 11 is 3.38. The lowest BCUT2D eigenvalue weighted by atomic mass is 10.2. The van der Waals surface area contributed by atoms with Crippen molar-refractivity contribution in [1.82, 2.24) is 4.90 Å². The first-order valence-electron chi connectivity index (χ1n) is 5.72. The maximum Gasteiger partial charge on any atom is 0.124 e. The number of benzene rings is 1. The molecule has 0 radical (unpaired) electrons. The molecule has 1 aromatic heterocycles. The number of hydrogen-bond donors (Lipinski definition) is 0. The number of hydrogen-bond acceptors (Lipinski definition) is 2. The lowest BCUT2D eigenvalue weighted by molar-refractivity contribution is 0.284. The van der Waals surface area contributed by atoms with Crippen molar-refractivity contribution < 1.29 is 8.81 Å². The molecule has 0 saturated heterocycles. The Hall–Kier alpha value is -1.13. The fraction of sp³-hybridized carbons (Fsp3) is 0.286. The van der Waals surface area contributed by atoms with Crippen LogP contribution in [-0.2, 0) is 13.1 Å². The van der Waals surface area contributed by atoms with E-state index >= 15 is 0 Å². The van der Waals surface area contributed by atoms with Crippen LogP contribution in [-0.4, -0.2) is 11.9 Å². The third-order valence-corrected chi connectivity index (χ3v) is 3.42. The van der Waals surface area contributed by atoms with Gasteiger partial charge in [0.05, 0.1) is 6.54 Å². The van der Waals surface area contributed by atoms with E-state index in [2.05, 4.69) is 20.8 Å². The molecule has 0 spiro atoms. The summed E-state index contributed by atoms with van der Waals surface area (Å²) in [4.78, 5) is 2.12. The highest BCUT2D eigenvalue weighted by Gasteiger charge is 2.07. The van der Waals surface area contributed by atoms with E-state index < -0.39 is 0 Å². The second kappa shape index (κ2) is 5.67. The van der Waals surface area contributed by atoms with Crippen LogP contribution in [0.2, 0.25) is 0 Å².